The molecule has 23 heavy (non-hydrogen) atoms. The van der Waals surface area contributed by atoms with Crippen LogP contribution >= 0.6 is 0 Å². The molecule has 0 bridgehead atoms. The second kappa shape index (κ2) is 7.90. The lowest BCUT2D eigenvalue weighted by Crippen LogP contribution is -2.18. The van der Waals surface area contributed by atoms with Crippen molar-refractivity contribution >= 4 is 16.1 Å². The van der Waals surface area contributed by atoms with Crippen LogP contribution in [-0.4, -0.2) is 40.8 Å². The van der Waals surface area contributed by atoms with Gasteiger partial charge in [0.25, 0.3) is 10.1 Å². The highest BCUT2D eigenvalue weighted by atomic mass is 32.2. The number of esters is 1. The van der Waals surface area contributed by atoms with Gasteiger partial charge in [0, 0.05) is 0 Å². The molecular weight excluding hydrogens is 320 g/mol. The zero-order valence-electron chi connectivity index (χ0n) is 13.4. The number of carbonyl (C=O) groups is 1. The number of benzene rings is 1. The van der Waals surface area contributed by atoms with Gasteiger partial charge in [-0.25, -0.2) is 0 Å². The van der Waals surface area contributed by atoms with E-state index in [0.29, 0.717) is 6.42 Å². The molecule has 6 nitrogen and oxygen atoms in total. The van der Waals surface area contributed by atoms with Crippen LogP contribution in [0.25, 0.3) is 0 Å². The summed E-state index contributed by atoms with van der Waals surface area (Å²) in [5.74, 6) is -0.337. The number of hydrogen-bond acceptors (Lipinski definition) is 6. The SMILES string of the molecule is COC(=O)C1CCC(OCCOS(=O)(=O)c2ccc(C)cc2)C1. The van der Waals surface area contributed by atoms with E-state index in [1.807, 2.05) is 6.92 Å². The highest BCUT2D eigenvalue weighted by molar-refractivity contribution is 7.86. The maximum Gasteiger partial charge on any atom is 0.308 e. The first kappa shape index (κ1) is 17.9. The summed E-state index contributed by atoms with van der Waals surface area (Å²) in [4.78, 5) is 11.6. The Labute approximate surface area is 136 Å². The fraction of sp³-hybridized carbons (Fsp3) is 0.562. The molecule has 0 N–H and O–H groups in total. The van der Waals surface area contributed by atoms with E-state index < -0.39 is 10.1 Å². The van der Waals surface area contributed by atoms with Crippen LogP contribution in [0.1, 0.15) is 24.8 Å². The molecule has 0 saturated heterocycles. The average molecular weight is 342 g/mol. The number of aryl methyl sites for hydroxylation is 1. The van der Waals surface area contributed by atoms with Crippen LogP contribution in [0.3, 0.4) is 0 Å². The fourth-order valence-electron chi connectivity index (χ4n) is 2.60. The van der Waals surface area contributed by atoms with Crippen molar-refractivity contribution in [2.75, 3.05) is 20.3 Å². The lowest BCUT2D eigenvalue weighted by atomic mass is 10.1. The predicted molar refractivity (Wildman–Crippen MR) is 83.4 cm³/mol. The first-order chi connectivity index (χ1) is 10.9. The van der Waals surface area contributed by atoms with E-state index in [4.69, 9.17) is 13.7 Å². The third kappa shape index (κ3) is 5.02. The molecule has 2 unspecified atom stereocenters. The Morgan fingerprint density at radius 2 is 1.87 bits per heavy atom. The first-order valence-corrected chi connectivity index (χ1v) is 8.98. The van der Waals surface area contributed by atoms with Crippen molar-refractivity contribution in [2.45, 2.75) is 37.2 Å². The Morgan fingerprint density at radius 1 is 1.17 bits per heavy atom. The summed E-state index contributed by atoms with van der Waals surface area (Å²) in [7, 11) is -2.38. The third-order valence-electron chi connectivity index (χ3n) is 3.90. The molecule has 0 radical (unpaired) electrons. The molecule has 7 heteroatoms. The minimum Gasteiger partial charge on any atom is -0.469 e. The van der Waals surface area contributed by atoms with Crippen LogP contribution in [0.15, 0.2) is 29.2 Å². The van der Waals surface area contributed by atoms with Crippen LogP contribution in [0.5, 0.6) is 0 Å². The second-order valence-electron chi connectivity index (χ2n) is 5.62. The van der Waals surface area contributed by atoms with Gasteiger partial charge in [-0.3, -0.25) is 8.98 Å². The van der Waals surface area contributed by atoms with Gasteiger partial charge in [0.1, 0.15) is 0 Å². The normalized spacial score (nSPS) is 21.3. The summed E-state index contributed by atoms with van der Waals surface area (Å²) in [5.41, 5.74) is 0.980. The standard InChI is InChI=1S/C16H22O6S/c1-12-3-7-15(8-4-12)23(18,19)22-10-9-21-14-6-5-13(11-14)16(17)20-2/h3-4,7-8,13-14H,5-6,9-11H2,1-2H3. The second-order valence-corrected chi connectivity index (χ2v) is 7.23. The summed E-state index contributed by atoms with van der Waals surface area (Å²) in [6.07, 6.45) is 2.06. The van der Waals surface area contributed by atoms with E-state index in [1.165, 1.54) is 19.2 Å². The van der Waals surface area contributed by atoms with E-state index >= 15 is 0 Å². The van der Waals surface area contributed by atoms with E-state index in [0.717, 1.165) is 18.4 Å². The lowest BCUT2D eigenvalue weighted by Gasteiger charge is -2.12. The molecule has 1 aliphatic rings. The maximum absolute atomic E-state index is 12.0. The molecule has 1 aliphatic carbocycles. The lowest BCUT2D eigenvalue weighted by molar-refractivity contribution is -0.145. The highest BCUT2D eigenvalue weighted by Gasteiger charge is 2.31. The Balaban J connectivity index is 1.73. The molecule has 1 fully saturated rings. The van der Waals surface area contributed by atoms with Crippen molar-refractivity contribution in [3.05, 3.63) is 29.8 Å². The van der Waals surface area contributed by atoms with Gasteiger partial charge in [0.05, 0.1) is 37.2 Å². The molecule has 2 atom stereocenters. The highest BCUT2D eigenvalue weighted by Crippen LogP contribution is 2.28. The smallest absolute Gasteiger partial charge is 0.308 e. The van der Waals surface area contributed by atoms with Gasteiger partial charge < -0.3 is 9.47 Å². The molecule has 0 heterocycles. The maximum atomic E-state index is 12.0. The van der Waals surface area contributed by atoms with Gasteiger partial charge in [0.2, 0.25) is 0 Å². The zero-order valence-corrected chi connectivity index (χ0v) is 14.2. The first-order valence-electron chi connectivity index (χ1n) is 7.58. The van der Waals surface area contributed by atoms with Gasteiger partial charge >= 0.3 is 5.97 Å². The summed E-state index contributed by atoms with van der Waals surface area (Å²) in [6.45, 7) is 2.01. The quantitative estimate of drug-likeness (QED) is 0.429. The number of methoxy groups -OCH3 is 1. The molecule has 0 aromatic heterocycles. The summed E-state index contributed by atoms with van der Waals surface area (Å²) < 4.78 is 39.2. The fourth-order valence-corrected chi connectivity index (χ4v) is 3.50. The largest absolute Gasteiger partial charge is 0.469 e. The Kier molecular flexibility index (Phi) is 6.15. The van der Waals surface area contributed by atoms with Gasteiger partial charge in [-0.05, 0) is 38.3 Å². The summed E-state index contributed by atoms with van der Waals surface area (Å²) in [6, 6.07) is 6.48. The van der Waals surface area contributed by atoms with E-state index in [1.54, 1.807) is 12.1 Å². The Morgan fingerprint density at radius 3 is 2.52 bits per heavy atom. The van der Waals surface area contributed by atoms with Crippen LogP contribution in [0.2, 0.25) is 0 Å². The molecule has 0 amide bonds. The average Bonchev–Trinajstić information content (AvgIpc) is 3.00. The number of carbonyl (C=O) groups excluding carboxylic acids is 1. The van der Waals surface area contributed by atoms with Crippen LogP contribution < -0.4 is 0 Å². The summed E-state index contributed by atoms with van der Waals surface area (Å²) >= 11 is 0. The summed E-state index contributed by atoms with van der Waals surface area (Å²) in [5, 5.41) is 0. The van der Waals surface area contributed by atoms with E-state index in [9.17, 15) is 13.2 Å². The van der Waals surface area contributed by atoms with Gasteiger partial charge in [0.15, 0.2) is 0 Å². The van der Waals surface area contributed by atoms with Gasteiger partial charge in [-0.1, -0.05) is 17.7 Å². The molecule has 2 rings (SSSR count). The topological polar surface area (TPSA) is 78.9 Å². The predicted octanol–water partition coefficient (Wildman–Crippen LogP) is 2.06. The monoisotopic (exact) mass is 342 g/mol. The molecule has 0 aliphatic heterocycles. The van der Waals surface area contributed by atoms with Crippen molar-refractivity contribution in [3.8, 4) is 0 Å². The van der Waals surface area contributed by atoms with Gasteiger partial charge in [-0.2, -0.15) is 8.42 Å². The molecule has 0 spiro atoms. The molecule has 128 valence electrons. The van der Waals surface area contributed by atoms with E-state index in [2.05, 4.69) is 0 Å². The van der Waals surface area contributed by atoms with Crippen molar-refractivity contribution < 1.29 is 26.9 Å². The molecule has 1 aromatic carbocycles. The molecule has 1 aromatic rings. The number of ether oxygens (including phenoxy) is 2. The number of hydrogen-bond donors (Lipinski definition) is 0. The number of rotatable bonds is 7. The zero-order chi connectivity index (χ0) is 16.9. The van der Waals surface area contributed by atoms with Crippen LogP contribution in [0.4, 0.5) is 0 Å². The minimum atomic E-state index is -3.76. The van der Waals surface area contributed by atoms with Gasteiger partial charge in [-0.15, -0.1) is 0 Å². The van der Waals surface area contributed by atoms with E-state index in [-0.39, 0.29) is 36.1 Å². The van der Waals surface area contributed by atoms with Crippen molar-refractivity contribution in [1.82, 2.24) is 0 Å². The molecule has 1 saturated carbocycles. The van der Waals surface area contributed by atoms with Crippen LogP contribution in [-0.2, 0) is 28.6 Å². The van der Waals surface area contributed by atoms with Crippen molar-refractivity contribution in [3.63, 3.8) is 0 Å². The Bertz CT molecular complexity index is 622. The van der Waals surface area contributed by atoms with Crippen molar-refractivity contribution in [1.29, 1.82) is 0 Å². The Hall–Kier alpha value is -1.44. The van der Waals surface area contributed by atoms with Crippen molar-refractivity contribution in [2.24, 2.45) is 5.92 Å². The third-order valence-corrected chi connectivity index (χ3v) is 5.23. The van der Waals surface area contributed by atoms with Crippen LogP contribution in [0, 0.1) is 12.8 Å². The minimum absolute atomic E-state index is 0.0460. The molecular formula is C16H22O6S.